The Kier molecular flexibility index (Phi) is 2.35. The first-order valence-electron chi connectivity index (χ1n) is 2.48. The molecular formula is C4H8NS2. The molecule has 0 aromatic rings. The third kappa shape index (κ3) is 1.55. The predicted molar refractivity (Wildman–Crippen MR) is 36.0 cm³/mol. The highest BCUT2D eigenvalue weighted by Crippen LogP contribution is 2.19. The topological polar surface area (TPSA) is 3.24 Å². The molecule has 1 aliphatic rings. The fourth-order valence-electron chi connectivity index (χ4n) is 0.763. The van der Waals surface area contributed by atoms with Crippen LogP contribution in [0.15, 0.2) is 0 Å². The lowest BCUT2D eigenvalue weighted by Gasteiger charge is -2.04. The average molecular weight is 134 g/mol. The van der Waals surface area contributed by atoms with Crippen molar-refractivity contribution >= 4 is 22.6 Å². The quantitative estimate of drug-likeness (QED) is 0.397. The van der Waals surface area contributed by atoms with E-state index in [9.17, 15) is 0 Å². The van der Waals surface area contributed by atoms with Crippen LogP contribution in [-0.2, 0) is 0 Å². The van der Waals surface area contributed by atoms with Gasteiger partial charge in [0.1, 0.15) is 0 Å². The van der Waals surface area contributed by atoms with Gasteiger partial charge in [0, 0.05) is 35.7 Å². The summed E-state index contributed by atoms with van der Waals surface area (Å²) in [6.07, 6.45) is 2.67. The summed E-state index contributed by atoms with van der Waals surface area (Å²) in [5.74, 6) is 0. The van der Waals surface area contributed by atoms with E-state index in [2.05, 4.69) is 4.31 Å². The van der Waals surface area contributed by atoms with Crippen LogP contribution in [0.4, 0.5) is 0 Å². The molecule has 1 rings (SSSR count). The average Bonchev–Trinajstić information content (AvgIpc) is 2.14. The summed E-state index contributed by atoms with van der Waals surface area (Å²) in [7, 11) is 1.45. The van der Waals surface area contributed by atoms with Gasteiger partial charge in [0.05, 0.1) is 0 Å². The summed E-state index contributed by atoms with van der Waals surface area (Å²) in [5.41, 5.74) is 0. The van der Waals surface area contributed by atoms with Crippen LogP contribution in [0, 0.1) is 0 Å². The molecule has 0 unspecified atom stereocenters. The first-order chi connectivity index (χ1) is 3.43. The second-order valence-corrected chi connectivity index (χ2v) is 2.82. The van der Waals surface area contributed by atoms with Crippen LogP contribution in [0.3, 0.4) is 0 Å². The highest BCUT2D eigenvalue weighted by Gasteiger charge is 2.09. The van der Waals surface area contributed by atoms with Crippen molar-refractivity contribution in [1.82, 2.24) is 4.31 Å². The Morgan fingerprint density at radius 3 is 2.14 bits per heavy atom. The molecular weight excluding hydrogens is 126 g/mol. The Balaban J connectivity index is 2.14. The molecule has 0 N–H and O–H groups in total. The van der Waals surface area contributed by atoms with Gasteiger partial charge in [0.15, 0.2) is 0 Å². The first-order valence-corrected chi connectivity index (χ1v) is 4.18. The molecule has 1 saturated heterocycles. The van der Waals surface area contributed by atoms with Crippen molar-refractivity contribution in [2.45, 2.75) is 12.8 Å². The van der Waals surface area contributed by atoms with E-state index in [4.69, 9.17) is 11.7 Å². The van der Waals surface area contributed by atoms with Gasteiger partial charge >= 0.3 is 0 Å². The van der Waals surface area contributed by atoms with E-state index in [-0.39, 0.29) is 0 Å². The third-order valence-corrected chi connectivity index (χ3v) is 2.38. The van der Waals surface area contributed by atoms with Crippen LogP contribution in [0.2, 0.25) is 0 Å². The Labute approximate surface area is 53.4 Å². The Bertz CT molecular complexity index is 51.7. The second kappa shape index (κ2) is 2.84. The number of nitrogens with zero attached hydrogens (tertiary/aromatic N) is 1. The number of rotatable bonds is 1. The summed E-state index contributed by atoms with van der Waals surface area (Å²) in [4.78, 5) is 0. The van der Waals surface area contributed by atoms with Gasteiger partial charge in [-0.2, -0.15) is 0 Å². The van der Waals surface area contributed by atoms with Crippen LogP contribution >= 0.6 is 22.6 Å². The van der Waals surface area contributed by atoms with Gasteiger partial charge in [0.2, 0.25) is 0 Å². The van der Waals surface area contributed by atoms with Crippen molar-refractivity contribution in [2.24, 2.45) is 0 Å². The molecule has 0 bridgehead atoms. The molecule has 41 valence electrons. The summed E-state index contributed by atoms with van der Waals surface area (Å²) in [6, 6.07) is 0. The zero-order valence-electron chi connectivity index (χ0n) is 4.09. The molecule has 7 heavy (non-hydrogen) atoms. The molecule has 1 fully saturated rings. The predicted octanol–water partition coefficient (Wildman–Crippen LogP) is 1.84. The molecule has 3 heteroatoms. The van der Waals surface area contributed by atoms with Crippen molar-refractivity contribution in [2.75, 3.05) is 13.1 Å². The maximum absolute atomic E-state index is 4.75. The van der Waals surface area contributed by atoms with E-state index in [0.29, 0.717) is 0 Å². The van der Waals surface area contributed by atoms with Gasteiger partial charge in [-0.05, 0) is 12.8 Å². The van der Waals surface area contributed by atoms with Crippen LogP contribution in [-0.4, -0.2) is 17.4 Å². The molecule has 0 aliphatic carbocycles. The van der Waals surface area contributed by atoms with E-state index in [0.717, 1.165) is 0 Å². The summed E-state index contributed by atoms with van der Waals surface area (Å²) in [5, 5.41) is 0. The van der Waals surface area contributed by atoms with Gasteiger partial charge in [0.25, 0.3) is 0 Å². The largest absolute Gasteiger partial charge is 0.241 e. The molecule has 0 spiro atoms. The lowest BCUT2D eigenvalue weighted by molar-refractivity contribution is 0.593. The van der Waals surface area contributed by atoms with E-state index >= 15 is 0 Å². The summed E-state index contributed by atoms with van der Waals surface area (Å²) in [6.45, 7) is 2.41. The van der Waals surface area contributed by atoms with E-state index in [1.165, 1.54) is 36.9 Å². The Hall–Kier alpha value is 0.660. The highest BCUT2D eigenvalue weighted by atomic mass is 33.1. The van der Waals surface area contributed by atoms with Crippen molar-refractivity contribution in [3.05, 3.63) is 0 Å². The minimum atomic E-state index is 1.20. The zero-order valence-corrected chi connectivity index (χ0v) is 5.73. The van der Waals surface area contributed by atoms with Gasteiger partial charge in [-0.25, -0.2) is 4.31 Å². The van der Waals surface area contributed by atoms with Crippen molar-refractivity contribution < 1.29 is 0 Å². The van der Waals surface area contributed by atoms with E-state index in [1.807, 2.05) is 0 Å². The van der Waals surface area contributed by atoms with Gasteiger partial charge in [-0.3, -0.25) is 0 Å². The maximum atomic E-state index is 4.75. The minimum Gasteiger partial charge on any atom is -0.241 e. The van der Waals surface area contributed by atoms with Gasteiger partial charge in [-0.1, -0.05) is 0 Å². The smallest absolute Gasteiger partial charge is 0.00979 e. The molecule has 1 nitrogen and oxygen atoms in total. The molecule has 0 amide bonds. The third-order valence-electron chi connectivity index (χ3n) is 1.17. The summed E-state index contributed by atoms with van der Waals surface area (Å²) >= 11 is 4.75. The number of hydrogen-bond acceptors (Lipinski definition) is 2. The molecule has 0 aromatic heterocycles. The molecule has 1 heterocycles. The monoisotopic (exact) mass is 134 g/mol. The molecule has 0 aromatic carbocycles. The van der Waals surface area contributed by atoms with E-state index < -0.39 is 0 Å². The lowest BCUT2D eigenvalue weighted by atomic mass is 10.4. The van der Waals surface area contributed by atoms with Gasteiger partial charge < -0.3 is 0 Å². The SMILES string of the molecule is [S]SN1CCCC1. The zero-order chi connectivity index (χ0) is 5.11. The first kappa shape index (κ1) is 5.79. The Morgan fingerprint density at radius 2 is 1.86 bits per heavy atom. The highest BCUT2D eigenvalue weighted by molar-refractivity contribution is 8.67. The van der Waals surface area contributed by atoms with Crippen molar-refractivity contribution in [1.29, 1.82) is 0 Å². The van der Waals surface area contributed by atoms with Crippen LogP contribution < -0.4 is 0 Å². The molecule has 0 saturated carbocycles. The normalized spacial score (nSPS) is 23.6. The molecule has 1 radical (unpaired) electrons. The van der Waals surface area contributed by atoms with Gasteiger partial charge in [-0.15, -0.1) is 0 Å². The standard InChI is InChI=1S/C4H8NS2/c6-7-5-3-1-2-4-5/h1-4H2. The van der Waals surface area contributed by atoms with Crippen LogP contribution in [0.5, 0.6) is 0 Å². The van der Waals surface area contributed by atoms with E-state index in [1.54, 1.807) is 0 Å². The molecule has 1 aliphatic heterocycles. The van der Waals surface area contributed by atoms with Crippen molar-refractivity contribution in [3.8, 4) is 0 Å². The second-order valence-electron chi connectivity index (χ2n) is 1.71. The lowest BCUT2D eigenvalue weighted by Crippen LogP contribution is -2.05. The minimum absolute atomic E-state index is 1.20. The maximum Gasteiger partial charge on any atom is 0.00979 e. The summed E-state index contributed by atoms with van der Waals surface area (Å²) < 4.78 is 2.22. The Morgan fingerprint density at radius 1 is 1.29 bits per heavy atom. The van der Waals surface area contributed by atoms with Crippen LogP contribution in [0.1, 0.15) is 12.8 Å². The van der Waals surface area contributed by atoms with Crippen LogP contribution in [0.25, 0.3) is 0 Å². The fourth-order valence-corrected chi connectivity index (χ4v) is 1.62. The van der Waals surface area contributed by atoms with Crippen molar-refractivity contribution in [3.63, 3.8) is 0 Å². The fraction of sp³-hybridized carbons (Fsp3) is 1.00. The number of hydrogen-bond donors (Lipinski definition) is 0. The molecule has 0 atom stereocenters.